The van der Waals surface area contributed by atoms with Crippen LogP contribution in [0.2, 0.25) is 0 Å². The molecule has 0 aliphatic rings. The lowest BCUT2D eigenvalue weighted by atomic mass is 9.86. The van der Waals surface area contributed by atoms with Gasteiger partial charge in [-0.05, 0) is 106 Å². The van der Waals surface area contributed by atoms with Gasteiger partial charge in [0.2, 0.25) is 0 Å². The fourth-order valence-corrected chi connectivity index (χ4v) is 5.72. The maximum Gasteiger partial charge on any atom is -0.00773 e. The van der Waals surface area contributed by atoms with Crippen molar-refractivity contribution in [1.82, 2.24) is 0 Å². The van der Waals surface area contributed by atoms with Gasteiger partial charge in [0.05, 0.1) is 0 Å². The number of aryl methyl sites for hydroxylation is 2. The third-order valence-corrected chi connectivity index (χ3v) is 8.17. The van der Waals surface area contributed by atoms with Crippen LogP contribution >= 0.6 is 0 Å². The number of nitrogens with two attached hydrogens (primary N) is 2. The van der Waals surface area contributed by atoms with Gasteiger partial charge in [0, 0.05) is 0 Å². The molecule has 0 heterocycles. The number of benzene rings is 1. The van der Waals surface area contributed by atoms with Gasteiger partial charge in [-0.25, -0.2) is 0 Å². The van der Waals surface area contributed by atoms with Crippen LogP contribution in [-0.2, 0) is 25.7 Å². The van der Waals surface area contributed by atoms with Gasteiger partial charge in [0.15, 0.2) is 0 Å². The Balaban J connectivity index is 2.94. The summed E-state index contributed by atoms with van der Waals surface area (Å²) in [5.74, 6) is 0. The molecular formula is C36H66N2. The van der Waals surface area contributed by atoms with Crippen molar-refractivity contribution in [3.8, 4) is 0 Å². The zero-order chi connectivity index (χ0) is 27.5. The largest absolute Gasteiger partial charge is 0.330 e. The highest BCUT2D eigenvalue weighted by molar-refractivity contribution is 5.43. The van der Waals surface area contributed by atoms with Crippen LogP contribution in [-0.4, -0.2) is 13.1 Å². The molecular weight excluding hydrogens is 460 g/mol. The lowest BCUT2D eigenvalue weighted by Gasteiger charge is -2.19. The molecule has 0 unspecified atom stereocenters. The zero-order valence-corrected chi connectivity index (χ0v) is 25.8. The lowest BCUT2D eigenvalue weighted by Crippen LogP contribution is -2.06. The predicted molar refractivity (Wildman–Crippen MR) is 172 cm³/mol. The van der Waals surface area contributed by atoms with E-state index in [0.717, 1.165) is 19.5 Å². The molecule has 0 aliphatic carbocycles. The summed E-state index contributed by atoms with van der Waals surface area (Å²) in [7, 11) is 0. The molecule has 220 valence electrons. The molecule has 2 nitrogen and oxygen atoms in total. The molecule has 0 saturated heterocycles. The van der Waals surface area contributed by atoms with E-state index in [-0.39, 0.29) is 0 Å². The highest BCUT2D eigenvalue weighted by atomic mass is 14.5. The molecule has 0 amide bonds. The second kappa shape index (κ2) is 26.1. The van der Waals surface area contributed by atoms with E-state index < -0.39 is 0 Å². The average molecular weight is 527 g/mol. The van der Waals surface area contributed by atoms with Crippen molar-refractivity contribution >= 4 is 0 Å². The SMILES string of the molecule is CCCCC/C=C\Cc1c(CCCCCC)ccc(CCCCCCCCN)c1CCCCCCCCN. The Morgan fingerprint density at radius 2 is 0.921 bits per heavy atom. The number of hydrogen-bond acceptors (Lipinski definition) is 2. The smallest absolute Gasteiger partial charge is 0.00773 e. The van der Waals surface area contributed by atoms with Gasteiger partial charge in [0.1, 0.15) is 0 Å². The van der Waals surface area contributed by atoms with Crippen LogP contribution < -0.4 is 11.5 Å². The number of hydrogen-bond donors (Lipinski definition) is 2. The van der Waals surface area contributed by atoms with Crippen molar-refractivity contribution in [3.63, 3.8) is 0 Å². The summed E-state index contributed by atoms with van der Waals surface area (Å²) in [5, 5.41) is 0. The third kappa shape index (κ3) is 17.5. The van der Waals surface area contributed by atoms with Crippen molar-refractivity contribution in [3.05, 3.63) is 46.5 Å². The second-order valence-electron chi connectivity index (χ2n) is 11.6. The van der Waals surface area contributed by atoms with Gasteiger partial charge < -0.3 is 11.5 Å². The Hall–Kier alpha value is -1.12. The molecule has 1 aromatic rings. The van der Waals surface area contributed by atoms with Crippen molar-refractivity contribution < 1.29 is 0 Å². The fraction of sp³-hybridized carbons (Fsp3) is 0.778. The summed E-state index contributed by atoms with van der Waals surface area (Å²) in [6.45, 7) is 6.30. The van der Waals surface area contributed by atoms with Crippen LogP contribution in [0.3, 0.4) is 0 Å². The van der Waals surface area contributed by atoms with Crippen LogP contribution in [0.1, 0.15) is 165 Å². The number of allylic oxidation sites excluding steroid dienone is 2. The zero-order valence-electron chi connectivity index (χ0n) is 25.8. The molecule has 0 aromatic heterocycles. The van der Waals surface area contributed by atoms with Gasteiger partial charge in [-0.2, -0.15) is 0 Å². The summed E-state index contributed by atoms with van der Waals surface area (Å²) < 4.78 is 0. The van der Waals surface area contributed by atoms with Gasteiger partial charge >= 0.3 is 0 Å². The topological polar surface area (TPSA) is 52.0 Å². The normalized spacial score (nSPS) is 11.7. The molecule has 4 N–H and O–H groups in total. The summed E-state index contributed by atoms with van der Waals surface area (Å²) in [6.07, 6.45) is 36.3. The van der Waals surface area contributed by atoms with Crippen molar-refractivity contribution in [2.45, 2.75) is 168 Å². The van der Waals surface area contributed by atoms with Crippen molar-refractivity contribution in [2.75, 3.05) is 13.1 Å². The van der Waals surface area contributed by atoms with Gasteiger partial charge in [-0.15, -0.1) is 0 Å². The van der Waals surface area contributed by atoms with Crippen molar-refractivity contribution in [1.29, 1.82) is 0 Å². The Morgan fingerprint density at radius 1 is 0.474 bits per heavy atom. The average Bonchev–Trinajstić information content (AvgIpc) is 2.93. The third-order valence-electron chi connectivity index (χ3n) is 8.17. The van der Waals surface area contributed by atoms with Gasteiger partial charge in [0.25, 0.3) is 0 Å². The van der Waals surface area contributed by atoms with Crippen LogP contribution in [0, 0.1) is 0 Å². The first kappa shape index (κ1) is 34.9. The minimum Gasteiger partial charge on any atom is -0.330 e. The quantitative estimate of drug-likeness (QED) is 0.0884. The highest BCUT2D eigenvalue weighted by Crippen LogP contribution is 2.27. The first-order valence-corrected chi connectivity index (χ1v) is 17.0. The Bertz CT molecular complexity index is 678. The standard InChI is InChI=1S/C36H66N2/c1-3-5-7-9-15-21-27-35-33(25-19-8-6-4-2)29-30-34(26-20-14-10-12-17-23-31-37)36(35)28-22-16-11-13-18-24-32-38/h15,21,29-30H,3-14,16-20,22-28,31-32,37-38H2,1-2H3/b21-15-. The first-order valence-electron chi connectivity index (χ1n) is 17.0. The minimum atomic E-state index is 0.844. The number of rotatable bonds is 27. The molecule has 2 heteroatoms. The van der Waals surface area contributed by atoms with Gasteiger partial charge in [-0.3, -0.25) is 0 Å². The summed E-state index contributed by atoms with van der Waals surface area (Å²) in [5.41, 5.74) is 18.1. The second-order valence-corrected chi connectivity index (χ2v) is 11.6. The van der Waals surface area contributed by atoms with Crippen LogP contribution in [0.15, 0.2) is 24.3 Å². The summed E-state index contributed by atoms with van der Waals surface area (Å²) in [4.78, 5) is 0. The Kier molecular flexibility index (Phi) is 24.0. The Labute approximate surface area is 238 Å². The lowest BCUT2D eigenvalue weighted by molar-refractivity contribution is 0.589. The van der Waals surface area contributed by atoms with E-state index in [2.05, 4.69) is 38.1 Å². The Morgan fingerprint density at radius 3 is 1.47 bits per heavy atom. The van der Waals surface area contributed by atoms with E-state index in [1.54, 1.807) is 22.3 Å². The predicted octanol–water partition coefficient (Wildman–Crippen LogP) is 10.2. The van der Waals surface area contributed by atoms with E-state index in [1.165, 1.54) is 148 Å². The van der Waals surface area contributed by atoms with E-state index in [1.807, 2.05) is 0 Å². The van der Waals surface area contributed by atoms with E-state index in [4.69, 9.17) is 11.5 Å². The van der Waals surface area contributed by atoms with E-state index in [9.17, 15) is 0 Å². The minimum absolute atomic E-state index is 0.844. The molecule has 0 aliphatic heterocycles. The molecule has 38 heavy (non-hydrogen) atoms. The molecule has 0 spiro atoms. The number of unbranched alkanes of at least 4 members (excludes halogenated alkanes) is 16. The van der Waals surface area contributed by atoms with Crippen LogP contribution in [0.25, 0.3) is 0 Å². The molecule has 0 fully saturated rings. The summed E-state index contributed by atoms with van der Waals surface area (Å²) >= 11 is 0. The highest BCUT2D eigenvalue weighted by Gasteiger charge is 2.13. The molecule has 1 rings (SSSR count). The molecule has 1 aromatic carbocycles. The monoisotopic (exact) mass is 527 g/mol. The maximum absolute atomic E-state index is 5.69. The van der Waals surface area contributed by atoms with Crippen LogP contribution in [0.5, 0.6) is 0 Å². The molecule has 0 radical (unpaired) electrons. The maximum atomic E-state index is 5.69. The summed E-state index contributed by atoms with van der Waals surface area (Å²) in [6, 6.07) is 5.04. The molecule has 0 bridgehead atoms. The first-order chi connectivity index (χ1) is 18.8. The molecule has 0 saturated carbocycles. The molecule has 0 atom stereocenters. The van der Waals surface area contributed by atoms with Crippen molar-refractivity contribution in [2.24, 2.45) is 11.5 Å². The van der Waals surface area contributed by atoms with E-state index in [0.29, 0.717) is 0 Å². The van der Waals surface area contributed by atoms with E-state index >= 15 is 0 Å². The van der Waals surface area contributed by atoms with Gasteiger partial charge in [-0.1, -0.05) is 122 Å². The fourth-order valence-electron chi connectivity index (χ4n) is 5.72. The van der Waals surface area contributed by atoms with Crippen LogP contribution in [0.4, 0.5) is 0 Å².